The van der Waals surface area contributed by atoms with Crippen LogP contribution in [0.5, 0.6) is 0 Å². The van der Waals surface area contributed by atoms with Crippen LogP contribution in [0.1, 0.15) is 0 Å². The van der Waals surface area contributed by atoms with E-state index in [1.165, 1.54) is 11.9 Å². The van der Waals surface area contributed by atoms with Crippen molar-refractivity contribution in [3.63, 3.8) is 0 Å². The van der Waals surface area contributed by atoms with Crippen LogP contribution >= 0.6 is 58.4 Å². The summed E-state index contributed by atoms with van der Waals surface area (Å²) in [4.78, 5) is 4.16. The van der Waals surface area contributed by atoms with Gasteiger partial charge in [-0.2, -0.15) is 0 Å². The first kappa shape index (κ1) is 17.2. The van der Waals surface area contributed by atoms with Crippen molar-refractivity contribution < 1.29 is 0 Å². The lowest BCUT2D eigenvalue weighted by atomic mass is 10.1. The third-order valence-electron chi connectivity index (χ3n) is 3.90. The van der Waals surface area contributed by atoms with Crippen molar-refractivity contribution in [2.75, 3.05) is 4.72 Å². The predicted molar refractivity (Wildman–Crippen MR) is 112 cm³/mol. The van der Waals surface area contributed by atoms with E-state index in [0.29, 0.717) is 20.1 Å². The van der Waals surface area contributed by atoms with Crippen molar-refractivity contribution in [3.8, 4) is 0 Å². The number of hydrogen-bond acceptors (Lipinski definition) is 2. The van der Waals surface area contributed by atoms with Crippen LogP contribution < -0.4 is 4.72 Å². The molecule has 0 aliphatic heterocycles. The Morgan fingerprint density at radius 3 is 2.28 bits per heavy atom. The number of hydrogen-bond donors (Lipinski definition) is 2. The highest BCUT2D eigenvalue weighted by Crippen LogP contribution is 2.37. The van der Waals surface area contributed by atoms with Crippen LogP contribution in [0.15, 0.2) is 53.6 Å². The second-order valence-electron chi connectivity index (χ2n) is 5.42. The molecule has 0 unspecified atom stereocenters. The molecule has 126 valence electrons. The van der Waals surface area contributed by atoms with Gasteiger partial charge >= 0.3 is 0 Å². The topological polar surface area (TPSA) is 27.8 Å². The molecule has 0 saturated heterocycles. The van der Waals surface area contributed by atoms with Gasteiger partial charge in [0.1, 0.15) is 0 Å². The van der Waals surface area contributed by atoms with Crippen molar-refractivity contribution in [2.24, 2.45) is 0 Å². The van der Waals surface area contributed by atoms with Gasteiger partial charge in [-0.3, -0.25) is 0 Å². The van der Waals surface area contributed by atoms with E-state index in [2.05, 4.69) is 9.71 Å². The summed E-state index contributed by atoms with van der Waals surface area (Å²) in [6, 6.07) is 13.3. The Morgan fingerprint density at radius 2 is 1.48 bits per heavy atom. The maximum Gasteiger partial charge on any atom is 0.0728 e. The first-order valence-corrected chi connectivity index (χ1v) is 9.63. The second kappa shape index (κ2) is 6.82. The van der Waals surface area contributed by atoms with Crippen molar-refractivity contribution in [3.05, 3.63) is 68.8 Å². The van der Waals surface area contributed by atoms with Crippen molar-refractivity contribution in [2.45, 2.75) is 4.90 Å². The summed E-state index contributed by atoms with van der Waals surface area (Å²) in [6.07, 6.45) is 1.73. The zero-order chi connectivity index (χ0) is 17.6. The monoisotopic (exact) mass is 426 g/mol. The molecule has 0 aliphatic carbocycles. The number of aromatic nitrogens is 1. The normalized spacial score (nSPS) is 11.4. The molecule has 2 nitrogen and oxygen atoms in total. The van der Waals surface area contributed by atoms with Gasteiger partial charge in [-0.15, -0.1) is 0 Å². The van der Waals surface area contributed by atoms with Gasteiger partial charge in [-0.05, 0) is 48.3 Å². The Balaban J connectivity index is 1.67. The number of nitrogens with one attached hydrogen (secondary N) is 2. The third kappa shape index (κ3) is 3.16. The Labute approximate surface area is 168 Å². The number of halogens is 4. The van der Waals surface area contributed by atoms with Crippen molar-refractivity contribution >= 4 is 85.7 Å². The molecule has 25 heavy (non-hydrogen) atoms. The van der Waals surface area contributed by atoms with Crippen LogP contribution in [0.4, 0.5) is 5.69 Å². The molecule has 0 saturated carbocycles. The molecular weight excluding hydrogens is 418 g/mol. The third-order valence-corrected chi connectivity index (χ3v) is 5.98. The fourth-order valence-corrected chi connectivity index (χ4v) is 4.40. The Morgan fingerprint density at radius 1 is 0.760 bits per heavy atom. The maximum absolute atomic E-state index is 6.29. The smallest absolute Gasteiger partial charge is 0.0728 e. The summed E-state index contributed by atoms with van der Waals surface area (Å²) >= 11 is 26.4. The van der Waals surface area contributed by atoms with E-state index < -0.39 is 0 Å². The van der Waals surface area contributed by atoms with E-state index in [9.17, 15) is 0 Å². The molecule has 1 heterocycles. The first-order valence-electron chi connectivity index (χ1n) is 7.30. The highest BCUT2D eigenvalue weighted by molar-refractivity contribution is 8.00. The van der Waals surface area contributed by atoms with Crippen LogP contribution in [0.3, 0.4) is 0 Å². The maximum atomic E-state index is 6.29. The predicted octanol–water partition coefficient (Wildman–Crippen LogP) is 8.05. The minimum absolute atomic E-state index is 0.598. The fourth-order valence-electron chi connectivity index (χ4n) is 2.69. The molecule has 4 rings (SSSR count). The summed E-state index contributed by atoms with van der Waals surface area (Å²) in [5.41, 5.74) is 1.76. The number of H-pyrrole nitrogens is 1. The van der Waals surface area contributed by atoms with Gasteiger partial charge < -0.3 is 9.71 Å². The Hall–Kier alpha value is -1.23. The molecule has 0 bridgehead atoms. The number of anilines is 1. The van der Waals surface area contributed by atoms with Crippen LogP contribution in [-0.4, -0.2) is 4.98 Å². The van der Waals surface area contributed by atoms with Crippen molar-refractivity contribution in [1.82, 2.24) is 4.98 Å². The quantitative estimate of drug-likeness (QED) is 0.323. The molecule has 1 aromatic heterocycles. The van der Waals surface area contributed by atoms with Gasteiger partial charge in [0, 0.05) is 37.3 Å². The summed E-state index contributed by atoms with van der Waals surface area (Å²) in [6.45, 7) is 0. The zero-order valence-electron chi connectivity index (χ0n) is 12.5. The lowest BCUT2D eigenvalue weighted by Gasteiger charge is -2.09. The molecule has 0 aliphatic rings. The lowest BCUT2D eigenvalue weighted by molar-refractivity contribution is 1.47. The number of aromatic amines is 1. The SMILES string of the molecule is Clc1ccc(Cl)c2cc(SNc3ccc(Cl)c4c(Cl)c[nH]c34)ccc12. The Kier molecular flexibility index (Phi) is 4.69. The number of rotatable bonds is 3. The average Bonchev–Trinajstić information content (AvgIpc) is 3.01. The van der Waals surface area contributed by atoms with Crippen LogP contribution in [0.25, 0.3) is 21.7 Å². The Bertz CT molecular complexity index is 1110. The van der Waals surface area contributed by atoms with Gasteiger partial charge in [0.25, 0.3) is 0 Å². The van der Waals surface area contributed by atoms with Crippen molar-refractivity contribution in [1.29, 1.82) is 0 Å². The molecule has 4 aromatic rings. The molecule has 0 fully saturated rings. The largest absolute Gasteiger partial charge is 0.358 e. The molecule has 2 N–H and O–H groups in total. The highest BCUT2D eigenvalue weighted by Gasteiger charge is 2.11. The highest BCUT2D eigenvalue weighted by atomic mass is 35.5. The zero-order valence-corrected chi connectivity index (χ0v) is 16.4. The molecule has 7 heteroatoms. The van der Waals surface area contributed by atoms with Gasteiger partial charge in [0.15, 0.2) is 0 Å². The minimum Gasteiger partial charge on any atom is -0.358 e. The number of benzene rings is 3. The van der Waals surface area contributed by atoms with Gasteiger partial charge in [-0.1, -0.05) is 52.5 Å². The molecule has 3 aromatic carbocycles. The molecular formula is C18H10Cl4N2S. The fraction of sp³-hybridized carbons (Fsp3) is 0. The van der Waals surface area contributed by atoms with E-state index in [0.717, 1.165) is 32.3 Å². The first-order chi connectivity index (χ1) is 12.0. The average molecular weight is 428 g/mol. The standard InChI is InChI=1S/C18H10Cl4N2S/c19-12-3-4-13(20)11-7-9(1-2-10(11)12)25-24-16-6-5-14(21)17-15(22)8-23-18(16)17/h1-8,23-24H. The van der Waals surface area contributed by atoms with E-state index in [1.807, 2.05) is 30.3 Å². The lowest BCUT2D eigenvalue weighted by Crippen LogP contribution is -1.89. The molecule has 0 amide bonds. The molecule has 0 radical (unpaired) electrons. The van der Waals surface area contributed by atoms with E-state index >= 15 is 0 Å². The van der Waals surface area contributed by atoms with Crippen LogP contribution in [0.2, 0.25) is 20.1 Å². The number of fused-ring (bicyclic) bond motifs is 2. The minimum atomic E-state index is 0.598. The van der Waals surface area contributed by atoms with Gasteiger partial charge in [0.2, 0.25) is 0 Å². The summed E-state index contributed by atoms with van der Waals surface area (Å²) in [5.74, 6) is 0. The van der Waals surface area contributed by atoms with E-state index in [-0.39, 0.29) is 0 Å². The molecule has 0 atom stereocenters. The molecule has 0 spiro atoms. The van der Waals surface area contributed by atoms with E-state index in [1.54, 1.807) is 18.3 Å². The summed E-state index contributed by atoms with van der Waals surface area (Å²) in [5, 5.41) is 5.23. The van der Waals surface area contributed by atoms with Crippen LogP contribution in [0, 0.1) is 0 Å². The summed E-state index contributed by atoms with van der Waals surface area (Å²) < 4.78 is 3.34. The van der Waals surface area contributed by atoms with Crippen LogP contribution in [-0.2, 0) is 0 Å². The second-order valence-corrected chi connectivity index (χ2v) is 7.93. The summed E-state index contributed by atoms with van der Waals surface area (Å²) in [7, 11) is 0. The van der Waals surface area contributed by atoms with Gasteiger partial charge in [-0.25, -0.2) is 0 Å². The van der Waals surface area contributed by atoms with E-state index in [4.69, 9.17) is 46.4 Å². The van der Waals surface area contributed by atoms with Gasteiger partial charge in [0.05, 0.1) is 21.2 Å².